The average molecular weight is 364 g/mol. The Morgan fingerprint density at radius 3 is 2.93 bits per heavy atom. The first kappa shape index (κ1) is 17.3. The van der Waals surface area contributed by atoms with Crippen LogP contribution in [-0.2, 0) is 13.0 Å². The van der Waals surface area contributed by atoms with Gasteiger partial charge in [-0.3, -0.25) is 4.99 Å². The smallest absolute Gasteiger partial charge is 0.231 e. The zero-order valence-corrected chi connectivity index (χ0v) is 15.6. The highest BCUT2D eigenvalue weighted by Gasteiger charge is 2.13. The molecule has 2 aromatic carbocycles. The Morgan fingerprint density at radius 1 is 1.15 bits per heavy atom. The van der Waals surface area contributed by atoms with E-state index in [2.05, 4.69) is 51.9 Å². The number of fused-ring (bicyclic) bond motifs is 2. The first-order valence-electron chi connectivity index (χ1n) is 9.13. The van der Waals surface area contributed by atoms with Crippen molar-refractivity contribution >= 4 is 16.9 Å². The van der Waals surface area contributed by atoms with Crippen molar-refractivity contribution in [2.24, 2.45) is 4.99 Å². The third-order valence-electron chi connectivity index (χ3n) is 4.82. The Balaban J connectivity index is 1.31. The van der Waals surface area contributed by atoms with Gasteiger partial charge >= 0.3 is 0 Å². The SMILES string of the molecule is CN=C(NCCc1c[nH]c2c(C)cccc12)NCc1ccc2c(c1)OCO2. The molecule has 1 aliphatic heterocycles. The topological polar surface area (TPSA) is 70.7 Å². The number of guanidine groups is 1. The molecule has 0 aliphatic carbocycles. The fourth-order valence-electron chi connectivity index (χ4n) is 3.34. The molecule has 0 atom stereocenters. The minimum Gasteiger partial charge on any atom is -0.454 e. The van der Waals surface area contributed by atoms with Gasteiger partial charge in [-0.05, 0) is 42.2 Å². The van der Waals surface area contributed by atoms with Crippen molar-refractivity contribution in [2.75, 3.05) is 20.4 Å². The Labute approximate surface area is 158 Å². The van der Waals surface area contributed by atoms with E-state index in [-0.39, 0.29) is 0 Å². The maximum Gasteiger partial charge on any atom is 0.231 e. The Bertz CT molecular complexity index is 977. The van der Waals surface area contributed by atoms with E-state index in [1.165, 1.54) is 22.0 Å². The number of H-pyrrole nitrogens is 1. The number of aryl methyl sites for hydroxylation is 1. The maximum atomic E-state index is 5.42. The number of hydrogen-bond acceptors (Lipinski definition) is 3. The number of para-hydroxylation sites is 1. The third kappa shape index (κ3) is 3.69. The summed E-state index contributed by atoms with van der Waals surface area (Å²) in [4.78, 5) is 7.68. The molecule has 0 radical (unpaired) electrons. The van der Waals surface area contributed by atoms with E-state index in [1.54, 1.807) is 7.05 Å². The summed E-state index contributed by atoms with van der Waals surface area (Å²) in [6.45, 7) is 3.90. The Morgan fingerprint density at radius 2 is 2.04 bits per heavy atom. The van der Waals surface area contributed by atoms with Crippen LogP contribution >= 0.6 is 0 Å². The minimum absolute atomic E-state index is 0.294. The molecule has 0 saturated carbocycles. The van der Waals surface area contributed by atoms with Gasteiger partial charge in [0.05, 0.1) is 0 Å². The van der Waals surface area contributed by atoms with Gasteiger partial charge in [-0.2, -0.15) is 0 Å². The lowest BCUT2D eigenvalue weighted by Crippen LogP contribution is -2.37. The fraction of sp³-hybridized carbons (Fsp3) is 0.286. The van der Waals surface area contributed by atoms with E-state index in [0.29, 0.717) is 13.3 Å². The summed E-state index contributed by atoms with van der Waals surface area (Å²) >= 11 is 0. The van der Waals surface area contributed by atoms with Gasteiger partial charge in [0.1, 0.15) is 0 Å². The molecule has 0 bridgehead atoms. The van der Waals surface area contributed by atoms with Crippen LogP contribution < -0.4 is 20.1 Å². The predicted molar refractivity (Wildman–Crippen MR) is 108 cm³/mol. The van der Waals surface area contributed by atoms with Gasteiger partial charge < -0.3 is 25.1 Å². The molecule has 3 aromatic rings. The number of nitrogens with one attached hydrogen (secondary N) is 3. The van der Waals surface area contributed by atoms with E-state index in [1.807, 2.05) is 18.2 Å². The van der Waals surface area contributed by atoms with Crippen LogP contribution in [0.2, 0.25) is 0 Å². The van der Waals surface area contributed by atoms with Gasteiger partial charge in [-0.15, -0.1) is 0 Å². The van der Waals surface area contributed by atoms with Gasteiger partial charge in [-0.1, -0.05) is 24.3 Å². The monoisotopic (exact) mass is 364 g/mol. The van der Waals surface area contributed by atoms with Crippen molar-refractivity contribution < 1.29 is 9.47 Å². The summed E-state index contributed by atoms with van der Waals surface area (Å²) in [6.07, 6.45) is 3.02. The van der Waals surface area contributed by atoms with Crippen molar-refractivity contribution in [2.45, 2.75) is 19.9 Å². The second-order valence-corrected chi connectivity index (χ2v) is 6.60. The largest absolute Gasteiger partial charge is 0.454 e. The third-order valence-corrected chi connectivity index (χ3v) is 4.82. The quantitative estimate of drug-likeness (QED) is 0.481. The molecule has 140 valence electrons. The van der Waals surface area contributed by atoms with Crippen LogP contribution in [0.4, 0.5) is 0 Å². The molecule has 2 heterocycles. The van der Waals surface area contributed by atoms with Crippen molar-refractivity contribution in [3.8, 4) is 11.5 Å². The summed E-state index contributed by atoms with van der Waals surface area (Å²) in [6, 6.07) is 12.4. The standard InChI is InChI=1S/C21H24N4O2/c1-14-4-3-5-17-16(12-24-20(14)17)8-9-23-21(22-2)25-11-15-6-7-18-19(10-15)27-13-26-18/h3-7,10,12,24H,8-9,11,13H2,1-2H3,(H2,22,23,25). The molecule has 0 fully saturated rings. The first-order chi connectivity index (χ1) is 13.2. The zero-order valence-electron chi connectivity index (χ0n) is 15.6. The number of aliphatic imine (C=N–C) groups is 1. The molecule has 3 N–H and O–H groups in total. The van der Waals surface area contributed by atoms with Gasteiger partial charge in [0, 0.05) is 37.2 Å². The Kier molecular flexibility index (Phi) is 4.87. The normalized spacial score (nSPS) is 13.2. The summed E-state index contributed by atoms with van der Waals surface area (Å²) in [7, 11) is 1.78. The number of hydrogen-bond donors (Lipinski definition) is 3. The number of nitrogens with zero attached hydrogens (tertiary/aromatic N) is 1. The molecule has 6 nitrogen and oxygen atoms in total. The van der Waals surface area contributed by atoms with E-state index >= 15 is 0 Å². The number of ether oxygens (including phenoxy) is 2. The summed E-state index contributed by atoms with van der Waals surface area (Å²) in [5.74, 6) is 2.38. The van der Waals surface area contributed by atoms with E-state index in [0.717, 1.165) is 36.0 Å². The average Bonchev–Trinajstić information content (AvgIpc) is 3.32. The van der Waals surface area contributed by atoms with Crippen LogP contribution in [0.5, 0.6) is 11.5 Å². The van der Waals surface area contributed by atoms with Crippen LogP contribution in [0, 0.1) is 6.92 Å². The molecular formula is C21H24N4O2. The summed E-state index contributed by atoms with van der Waals surface area (Å²) in [5, 5.41) is 8.01. The molecule has 6 heteroatoms. The van der Waals surface area contributed by atoms with Crippen LogP contribution in [0.15, 0.2) is 47.6 Å². The van der Waals surface area contributed by atoms with Crippen molar-refractivity contribution in [1.29, 1.82) is 0 Å². The van der Waals surface area contributed by atoms with E-state index in [9.17, 15) is 0 Å². The highest BCUT2D eigenvalue weighted by molar-refractivity contribution is 5.86. The Hall–Kier alpha value is -3.15. The molecule has 4 rings (SSSR count). The molecule has 0 unspecified atom stereocenters. The number of aromatic nitrogens is 1. The maximum absolute atomic E-state index is 5.42. The lowest BCUT2D eigenvalue weighted by Gasteiger charge is -2.12. The van der Waals surface area contributed by atoms with E-state index in [4.69, 9.17) is 9.47 Å². The van der Waals surface area contributed by atoms with Gasteiger partial charge in [0.2, 0.25) is 6.79 Å². The molecule has 0 amide bonds. The fourth-order valence-corrected chi connectivity index (χ4v) is 3.34. The lowest BCUT2D eigenvalue weighted by atomic mass is 10.1. The predicted octanol–water partition coefficient (Wildman–Crippen LogP) is 3.11. The second kappa shape index (κ2) is 7.61. The summed E-state index contributed by atoms with van der Waals surface area (Å²) in [5.41, 5.74) is 4.92. The second-order valence-electron chi connectivity index (χ2n) is 6.60. The number of benzene rings is 2. The lowest BCUT2D eigenvalue weighted by molar-refractivity contribution is 0.174. The zero-order chi connectivity index (χ0) is 18.6. The van der Waals surface area contributed by atoms with E-state index < -0.39 is 0 Å². The number of rotatable bonds is 5. The van der Waals surface area contributed by atoms with Crippen LogP contribution in [0.3, 0.4) is 0 Å². The van der Waals surface area contributed by atoms with Crippen molar-refractivity contribution in [1.82, 2.24) is 15.6 Å². The van der Waals surface area contributed by atoms with Gasteiger partial charge in [-0.25, -0.2) is 0 Å². The van der Waals surface area contributed by atoms with Crippen molar-refractivity contribution in [3.05, 3.63) is 59.3 Å². The van der Waals surface area contributed by atoms with Gasteiger partial charge in [0.15, 0.2) is 17.5 Å². The molecule has 0 saturated heterocycles. The highest BCUT2D eigenvalue weighted by atomic mass is 16.7. The van der Waals surface area contributed by atoms with Crippen LogP contribution in [0.25, 0.3) is 10.9 Å². The molecule has 0 spiro atoms. The van der Waals surface area contributed by atoms with Crippen LogP contribution in [0.1, 0.15) is 16.7 Å². The summed E-state index contributed by atoms with van der Waals surface area (Å²) < 4.78 is 10.8. The molecule has 1 aromatic heterocycles. The number of aromatic amines is 1. The molecule has 1 aliphatic rings. The highest BCUT2D eigenvalue weighted by Crippen LogP contribution is 2.32. The molecular weight excluding hydrogens is 340 g/mol. The van der Waals surface area contributed by atoms with Gasteiger partial charge in [0.25, 0.3) is 0 Å². The minimum atomic E-state index is 0.294. The molecule has 27 heavy (non-hydrogen) atoms. The first-order valence-corrected chi connectivity index (χ1v) is 9.13. The van der Waals surface area contributed by atoms with Crippen molar-refractivity contribution in [3.63, 3.8) is 0 Å². The van der Waals surface area contributed by atoms with Crippen LogP contribution in [-0.4, -0.2) is 31.3 Å².